The van der Waals surface area contributed by atoms with E-state index in [1.807, 2.05) is 0 Å². The van der Waals surface area contributed by atoms with Gasteiger partial charge in [0.15, 0.2) is 24.2 Å². The monoisotopic (exact) mass is 1440 g/mol. The lowest BCUT2D eigenvalue weighted by Crippen LogP contribution is -2.76. The van der Waals surface area contributed by atoms with Gasteiger partial charge >= 0.3 is 0 Å². The van der Waals surface area contributed by atoms with Crippen LogP contribution in [0.25, 0.3) is 38.6 Å². The SMILES string of the molecule is c1ccc(-c2cccc3c2N(c2ccc([Si](c4ccccc4)(c4ccccc4)c4ccccc4)cc2)c2cc(-n4c5ccccc5c5ccccc54)cc4c2B3c2cc([Si](c3ccccc3)(c3ccccc3)c3ccccc3)ccc2N4c2ccccc2[Si](c2ccccc2)(c2ccccc2)c2ccccc2)cc1. The molecule has 0 spiro atoms. The third kappa shape index (κ3) is 10.4. The quantitative estimate of drug-likeness (QED) is 0.0706. The molecule has 512 valence electrons. The Labute approximate surface area is 641 Å². The van der Waals surface area contributed by atoms with Crippen LogP contribution in [0.5, 0.6) is 0 Å². The molecule has 2 aliphatic heterocycles. The summed E-state index contributed by atoms with van der Waals surface area (Å²) in [5, 5.41) is 18.3. The molecule has 0 fully saturated rings. The summed E-state index contributed by atoms with van der Waals surface area (Å²) < 4.78 is 2.55. The van der Waals surface area contributed by atoms with Gasteiger partial charge in [-0.2, -0.15) is 0 Å². The highest BCUT2D eigenvalue weighted by molar-refractivity contribution is 7.21. The highest BCUT2D eigenvalue weighted by Crippen LogP contribution is 2.49. The largest absolute Gasteiger partial charge is 0.311 e. The molecular weight excluding hydrogens is 1360 g/mol. The second-order valence-electron chi connectivity index (χ2n) is 28.9. The minimum Gasteiger partial charge on any atom is -0.311 e. The topological polar surface area (TPSA) is 11.4 Å². The highest BCUT2D eigenvalue weighted by Gasteiger charge is 2.51. The Morgan fingerprint density at radius 2 is 0.560 bits per heavy atom. The van der Waals surface area contributed by atoms with Gasteiger partial charge in [0.05, 0.1) is 16.7 Å². The summed E-state index contributed by atoms with van der Waals surface area (Å²) in [5.41, 5.74) is 16.2. The molecule has 3 heterocycles. The van der Waals surface area contributed by atoms with E-state index >= 15 is 0 Å². The van der Waals surface area contributed by atoms with Gasteiger partial charge in [-0.25, -0.2) is 0 Å². The number of hydrogen-bond donors (Lipinski definition) is 0. The summed E-state index contributed by atoms with van der Waals surface area (Å²) >= 11 is 0. The fourth-order valence-electron chi connectivity index (χ4n) is 19.0. The first kappa shape index (κ1) is 65.4. The van der Waals surface area contributed by atoms with Crippen LogP contribution in [-0.4, -0.2) is 35.5 Å². The second kappa shape index (κ2) is 27.3. The van der Waals surface area contributed by atoms with Crippen molar-refractivity contribution < 1.29 is 0 Å². The summed E-state index contributed by atoms with van der Waals surface area (Å²) in [6.07, 6.45) is 0. The standard InChI is InChI=1S/C102H74BN3Si3/c1-11-38-75(39-12-1)89-60-37-61-92-102(89)105(76-66-68-87(69-67-76)107(78-40-13-2-14-41-78,79-42-15-3-16-43-79)80-44-17-4-18-45-80)98-72-77(104-94-62-33-31-58-90(94)91-59-32-34-63-95(91)104)73-99-101(98)103(92)93-74-88(108(81-46-19-5-20-47-81,82-48-21-6-22-49-82)83-50-23-7-24-51-83)70-71-96(93)106(99)97-64-35-36-65-100(97)109(84-52-25-8-26-53-84,85-54-27-9-28-55-85)86-56-29-10-30-57-86/h1-74H. The van der Waals surface area contributed by atoms with Crippen molar-refractivity contribution >= 4 is 165 Å². The van der Waals surface area contributed by atoms with Gasteiger partial charge in [-0.3, -0.25) is 0 Å². The third-order valence-electron chi connectivity index (χ3n) is 23.4. The minimum absolute atomic E-state index is 0.285. The van der Waals surface area contributed by atoms with Crippen LogP contribution in [-0.2, 0) is 0 Å². The molecule has 0 bridgehead atoms. The Balaban J connectivity index is 0.953. The van der Waals surface area contributed by atoms with Crippen LogP contribution in [0, 0.1) is 0 Å². The Hall–Kier alpha value is -13.1. The predicted octanol–water partition coefficient (Wildman–Crippen LogP) is 14.7. The summed E-state index contributed by atoms with van der Waals surface area (Å²) in [5.74, 6) is 0. The molecule has 0 amide bonds. The van der Waals surface area contributed by atoms with Crippen LogP contribution >= 0.6 is 0 Å². The zero-order valence-electron chi connectivity index (χ0n) is 60.1. The third-order valence-corrected chi connectivity index (χ3v) is 37.8. The number of fused-ring (bicyclic) bond motifs is 7. The zero-order valence-corrected chi connectivity index (χ0v) is 63.1. The van der Waals surface area contributed by atoms with Crippen molar-refractivity contribution in [1.29, 1.82) is 0 Å². The van der Waals surface area contributed by atoms with Crippen molar-refractivity contribution in [1.82, 2.24) is 4.57 Å². The number of anilines is 6. The van der Waals surface area contributed by atoms with Crippen molar-refractivity contribution in [3.05, 3.63) is 449 Å². The van der Waals surface area contributed by atoms with Crippen LogP contribution in [0.4, 0.5) is 34.1 Å². The van der Waals surface area contributed by atoms with Crippen molar-refractivity contribution in [3.8, 4) is 16.8 Å². The molecule has 0 aliphatic carbocycles. The number of rotatable bonds is 16. The van der Waals surface area contributed by atoms with Gasteiger partial charge in [0.2, 0.25) is 0 Å². The highest BCUT2D eigenvalue weighted by atomic mass is 28.3. The Bertz CT molecular complexity index is 5990. The van der Waals surface area contributed by atoms with Gasteiger partial charge in [0.1, 0.15) is 0 Å². The molecule has 0 atom stereocenters. The van der Waals surface area contributed by atoms with Crippen molar-refractivity contribution in [2.24, 2.45) is 0 Å². The maximum atomic E-state index is 2.74. The Kier molecular flexibility index (Phi) is 16.4. The van der Waals surface area contributed by atoms with E-state index in [9.17, 15) is 0 Å². The van der Waals surface area contributed by atoms with E-state index in [2.05, 4.69) is 463 Å². The summed E-state index contributed by atoms with van der Waals surface area (Å²) in [4.78, 5) is 5.42. The van der Waals surface area contributed by atoms with E-state index in [-0.39, 0.29) is 6.71 Å². The van der Waals surface area contributed by atoms with E-state index in [4.69, 9.17) is 0 Å². The molecule has 109 heavy (non-hydrogen) atoms. The average Bonchev–Trinajstić information content (AvgIpc) is 1.16. The van der Waals surface area contributed by atoms with Gasteiger partial charge in [0, 0.05) is 50.5 Å². The maximum Gasteiger partial charge on any atom is 0.252 e. The summed E-state index contributed by atoms with van der Waals surface area (Å²) in [7, 11) is -9.51. The van der Waals surface area contributed by atoms with E-state index in [0.717, 1.165) is 62.0 Å². The first-order valence-corrected chi connectivity index (χ1v) is 43.9. The van der Waals surface area contributed by atoms with Crippen molar-refractivity contribution in [2.75, 3.05) is 9.80 Å². The Morgan fingerprint density at radius 3 is 1.00 bits per heavy atom. The lowest BCUT2D eigenvalue weighted by molar-refractivity contribution is 1.16. The molecule has 2 aliphatic rings. The number of benzene rings is 17. The molecule has 7 heteroatoms. The molecule has 17 aromatic carbocycles. The van der Waals surface area contributed by atoms with Crippen LogP contribution in [0.2, 0.25) is 0 Å². The molecular formula is C102H74BN3Si3. The molecule has 1 aromatic heterocycles. The molecule has 0 radical (unpaired) electrons. The molecule has 0 saturated carbocycles. The number of para-hydroxylation sites is 4. The van der Waals surface area contributed by atoms with Crippen LogP contribution < -0.4 is 88.4 Å². The van der Waals surface area contributed by atoms with E-state index < -0.39 is 24.2 Å². The van der Waals surface area contributed by atoms with Crippen molar-refractivity contribution in [3.63, 3.8) is 0 Å². The fourth-order valence-corrected chi connectivity index (χ4v) is 33.4. The minimum atomic E-state index is -3.32. The molecule has 18 aromatic rings. The summed E-state index contributed by atoms with van der Waals surface area (Å²) in [6.45, 7) is -0.285. The van der Waals surface area contributed by atoms with Crippen LogP contribution in [0.1, 0.15) is 0 Å². The lowest BCUT2D eigenvalue weighted by Gasteiger charge is -2.47. The molecule has 20 rings (SSSR count). The molecule has 0 saturated heterocycles. The second-order valence-corrected chi connectivity index (χ2v) is 40.3. The van der Waals surface area contributed by atoms with E-state index in [1.54, 1.807) is 0 Å². The average molecular weight is 1440 g/mol. The van der Waals surface area contributed by atoms with E-state index in [1.165, 1.54) is 89.4 Å². The first-order valence-electron chi connectivity index (χ1n) is 37.9. The molecule has 3 nitrogen and oxygen atoms in total. The van der Waals surface area contributed by atoms with Gasteiger partial charge in [-0.1, -0.05) is 400 Å². The van der Waals surface area contributed by atoms with Gasteiger partial charge in [-0.05, 0) is 133 Å². The number of hydrogen-bond acceptors (Lipinski definition) is 2. The summed E-state index contributed by atoms with van der Waals surface area (Å²) in [6, 6.07) is 171. The van der Waals surface area contributed by atoms with Crippen LogP contribution in [0.15, 0.2) is 449 Å². The fraction of sp³-hybridized carbons (Fsp3) is 0. The zero-order chi connectivity index (χ0) is 72.3. The van der Waals surface area contributed by atoms with Gasteiger partial charge < -0.3 is 14.4 Å². The molecule has 0 unspecified atom stereocenters. The van der Waals surface area contributed by atoms with Crippen LogP contribution in [0.3, 0.4) is 0 Å². The number of nitrogens with zero attached hydrogens (tertiary/aromatic N) is 3. The first-order chi connectivity index (χ1) is 54.1. The lowest BCUT2D eigenvalue weighted by atomic mass is 9.33. The smallest absolute Gasteiger partial charge is 0.252 e. The normalized spacial score (nSPS) is 12.5. The predicted molar refractivity (Wildman–Crippen MR) is 471 cm³/mol. The van der Waals surface area contributed by atoms with E-state index in [0.29, 0.717) is 0 Å². The Morgan fingerprint density at radius 1 is 0.211 bits per heavy atom. The maximum absolute atomic E-state index is 3.32. The van der Waals surface area contributed by atoms with Gasteiger partial charge in [-0.15, -0.1) is 0 Å². The van der Waals surface area contributed by atoms with Crippen molar-refractivity contribution in [2.45, 2.75) is 0 Å². The number of aromatic nitrogens is 1. The van der Waals surface area contributed by atoms with Gasteiger partial charge in [0.25, 0.3) is 6.71 Å². The molecule has 0 N–H and O–H groups in total.